The highest BCUT2D eigenvalue weighted by Gasteiger charge is 2.12. The number of nitro benzene ring substituents is 1. The van der Waals surface area contributed by atoms with Gasteiger partial charge in [-0.3, -0.25) is 14.9 Å². The molecule has 0 saturated heterocycles. The zero-order chi connectivity index (χ0) is 22.5. The first kappa shape index (κ1) is 21.1. The molecule has 0 unspecified atom stereocenters. The molecule has 0 radical (unpaired) electrons. The van der Waals surface area contributed by atoms with Crippen molar-refractivity contribution in [3.05, 3.63) is 111 Å². The second kappa shape index (κ2) is 9.36. The fourth-order valence-electron chi connectivity index (χ4n) is 2.99. The molecule has 0 aliphatic rings. The zero-order valence-corrected chi connectivity index (χ0v) is 18.1. The van der Waals surface area contributed by atoms with Gasteiger partial charge in [0.05, 0.1) is 16.8 Å². The lowest BCUT2D eigenvalue weighted by Crippen LogP contribution is -2.17. The van der Waals surface area contributed by atoms with E-state index in [9.17, 15) is 14.9 Å². The van der Waals surface area contributed by atoms with Crippen LogP contribution in [-0.2, 0) is 0 Å². The molecule has 0 spiro atoms. The van der Waals surface area contributed by atoms with Crippen LogP contribution in [0.3, 0.4) is 0 Å². The molecule has 0 saturated carbocycles. The number of para-hydroxylation sites is 1. The number of benzene rings is 3. The highest BCUT2D eigenvalue weighted by atomic mass is 79.9. The fraction of sp³-hybridized carbons (Fsp3) is 0. The van der Waals surface area contributed by atoms with E-state index in [1.54, 1.807) is 4.68 Å². The van der Waals surface area contributed by atoms with E-state index in [4.69, 9.17) is 5.10 Å². The average Bonchev–Trinajstić information content (AvgIpc) is 3.24. The Balaban J connectivity index is 1.59. The molecule has 0 fully saturated rings. The standard InChI is InChI=1S/C23H16BrN5O3/c24-19-10-6-16(7-11-19)22-18(15-28(27-22)20-4-2-1-3-5-20)14-25-26-23(30)17-8-12-21(13-9-17)29(31)32/h1-15H,(H,26,30). The van der Waals surface area contributed by atoms with Gasteiger partial charge in [-0.15, -0.1) is 0 Å². The van der Waals surface area contributed by atoms with E-state index in [1.165, 1.54) is 30.5 Å². The van der Waals surface area contributed by atoms with Crippen molar-refractivity contribution in [2.45, 2.75) is 0 Å². The molecule has 1 N–H and O–H groups in total. The number of carbonyl (C=O) groups is 1. The van der Waals surface area contributed by atoms with Gasteiger partial charge < -0.3 is 0 Å². The van der Waals surface area contributed by atoms with E-state index in [1.807, 2.05) is 60.8 Å². The second-order valence-corrected chi connectivity index (χ2v) is 7.64. The molecular formula is C23H16BrN5O3. The van der Waals surface area contributed by atoms with Crippen molar-refractivity contribution in [2.24, 2.45) is 5.10 Å². The minimum atomic E-state index is -0.520. The lowest BCUT2D eigenvalue weighted by molar-refractivity contribution is -0.384. The molecule has 9 heteroatoms. The summed E-state index contributed by atoms with van der Waals surface area (Å²) in [5, 5.41) is 19.5. The van der Waals surface area contributed by atoms with Gasteiger partial charge in [0.1, 0.15) is 5.69 Å². The third kappa shape index (κ3) is 4.79. The van der Waals surface area contributed by atoms with Crippen LogP contribution in [-0.4, -0.2) is 26.8 Å². The van der Waals surface area contributed by atoms with Crippen molar-refractivity contribution in [1.82, 2.24) is 15.2 Å². The first-order valence-electron chi connectivity index (χ1n) is 9.50. The number of nitrogens with zero attached hydrogens (tertiary/aromatic N) is 4. The molecule has 1 amide bonds. The van der Waals surface area contributed by atoms with Crippen molar-refractivity contribution in [1.29, 1.82) is 0 Å². The summed E-state index contributed by atoms with van der Waals surface area (Å²) in [4.78, 5) is 22.5. The Labute approximate surface area is 191 Å². The summed E-state index contributed by atoms with van der Waals surface area (Å²) < 4.78 is 2.70. The van der Waals surface area contributed by atoms with Crippen molar-refractivity contribution in [3.63, 3.8) is 0 Å². The number of carbonyl (C=O) groups excluding carboxylic acids is 1. The SMILES string of the molecule is O=C(NN=Cc1cn(-c2ccccc2)nc1-c1ccc(Br)cc1)c1ccc([N+](=O)[O-])cc1. The number of hydrogen-bond donors (Lipinski definition) is 1. The predicted molar refractivity (Wildman–Crippen MR) is 125 cm³/mol. The number of rotatable bonds is 6. The Bertz CT molecular complexity index is 1280. The maximum Gasteiger partial charge on any atom is 0.271 e. The van der Waals surface area contributed by atoms with Gasteiger partial charge in [-0.05, 0) is 36.4 Å². The summed E-state index contributed by atoms with van der Waals surface area (Å²) in [7, 11) is 0. The molecule has 0 aliphatic carbocycles. The minimum Gasteiger partial charge on any atom is -0.267 e. The van der Waals surface area contributed by atoms with E-state index in [-0.39, 0.29) is 11.3 Å². The highest BCUT2D eigenvalue weighted by molar-refractivity contribution is 9.10. The lowest BCUT2D eigenvalue weighted by Gasteiger charge is -2.01. The van der Waals surface area contributed by atoms with Gasteiger partial charge in [-0.1, -0.05) is 46.3 Å². The van der Waals surface area contributed by atoms with Gasteiger partial charge in [0.2, 0.25) is 0 Å². The third-order valence-electron chi connectivity index (χ3n) is 4.59. The summed E-state index contributed by atoms with van der Waals surface area (Å²) in [6, 6.07) is 22.7. The van der Waals surface area contributed by atoms with Gasteiger partial charge in [0, 0.05) is 39.5 Å². The number of amides is 1. The number of aromatic nitrogens is 2. The smallest absolute Gasteiger partial charge is 0.267 e. The van der Waals surface area contributed by atoms with Crippen LogP contribution in [0.5, 0.6) is 0 Å². The van der Waals surface area contributed by atoms with Crippen LogP contribution in [0.4, 0.5) is 5.69 Å². The van der Waals surface area contributed by atoms with Crippen LogP contribution in [0.1, 0.15) is 15.9 Å². The Morgan fingerprint density at radius 1 is 1.03 bits per heavy atom. The molecule has 158 valence electrons. The molecule has 4 aromatic rings. The van der Waals surface area contributed by atoms with Crippen molar-refractivity contribution in [2.75, 3.05) is 0 Å². The summed E-state index contributed by atoms with van der Waals surface area (Å²) >= 11 is 3.43. The number of nitrogens with one attached hydrogen (secondary N) is 1. The number of halogens is 1. The summed E-state index contributed by atoms with van der Waals surface area (Å²) in [6.07, 6.45) is 3.35. The quantitative estimate of drug-likeness (QED) is 0.234. The molecule has 0 aliphatic heterocycles. The van der Waals surface area contributed by atoms with Crippen LogP contribution in [0.2, 0.25) is 0 Å². The third-order valence-corrected chi connectivity index (χ3v) is 5.12. The van der Waals surface area contributed by atoms with E-state index < -0.39 is 10.8 Å². The van der Waals surface area contributed by atoms with Gasteiger partial charge in [-0.2, -0.15) is 10.2 Å². The Kier molecular flexibility index (Phi) is 6.18. The fourth-order valence-corrected chi connectivity index (χ4v) is 3.25. The highest BCUT2D eigenvalue weighted by Crippen LogP contribution is 2.24. The van der Waals surface area contributed by atoms with Crippen molar-refractivity contribution >= 4 is 33.7 Å². The molecule has 0 atom stereocenters. The van der Waals surface area contributed by atoms with Crippen LogP contribution >= 0.6 is 15.9 Å². The van der Waals surface area contributed by atoms with E-state index >= 15 is 0 Å². The largest absolute Gasteiger partial charge is 0.271 e. The number of nitro groups is 1. The van der Waals surface area contributed by atoms with Crippen LogP contribution in [0.25, 0.3) is 16.9 Å². The van der Waals surface area contributed by atoms with E-state index in [0.29, 0.717) is 11.3 Å². The maximum absolute atomic E-state index is 12.3. The van der Waals surface area contributed by atoms with Gasteiger partial charge in [0.25, 0.3) is 11.6 Å². The Morgan fingerprint density at radius 2 is 1.72 bits per heavy atom. The molecule has 1 heterocycles. The Hall–Kier alpha value is -4.11. The second-order valence-electron chi connectivity index (χ2n) is 6.72. The number of non-ortho nitro benzene ring substituents is 1. The topological polar surface area (TPSA) is 102 Å². The average molecular weight is 490 g/mol. The molecule has 8 nitrogen and oxygen atoms in total. The van der Waals surface area contributed by atoms with E-state index in [0.717, 1.165) is 15.7 Å². The lowest BCUT2D eigenvalue weighted by atomic mass is 10.1. The first-order valence-corrected chi connectivity index (χ1v) is 10.3. The van der Waals surface area contributed by atoms with Gasteiger partial charge >= 0.3 is 0 Å². The Morgan fingerprint density at radius 3 is 2.38 bits per heavy atom. The number of hydrazone groups is 1. The van der Waals surface area contributed by atoms with Crippen molar-refractivity contribution in [3.8, 4) is 16.9 Å². The van der Waals surface area contributed by atoms with Crippen LogP contribution in [0, 0.1) is 10.1 Å². The number of hydrogen-bond acceptors (Lipinski definition) is 5. The zero-order valence-electron chi connectivity index (χ0n) is 16.6. The molecule has 4 rings (SSSR count). The first-order chi connectivity index (χ1) is 15.5. The molecule has 3 aromatic carbocycles. The summed E-state index contributed by atoms with van der Waals surface area (Å²) in [5.41, 5.74) is 5.82. The van der Waals surface area contributed by atoms with Crippen LogP contribution < -0.4 is 5.43 Å². The van der Waals surface area contributed by atoms with Crippen molar-refractivity contribution < 1.29 is 9.72 Å². The summed E-state index contributed by atoms with van der Waals surface area (Å²) in [6.45, 7) is 0. The molecule has 1 aromatic heterocycles. The van der Waals surface area contributed by atoms with Gasteiger partial charge in [-0.25, -0.2) is 10.1 Å². The molecule has 0 bridgehead atoms. The summed E-state index contributed by atoms with van der Waals surface area (Å²) in [5.74, 6) is -0.475. The molecule has 32 heavy (non-hydrogen) atoms. The van der Waals surface area contributed by atoms with Crippen LogP contribution in [0.15, 0.2) is 94.6 Å². The normalized spacial score (nSPS) is 10.9. The monoisotopic (exact) mass is 489 g/mol. The molecular weight excluding hydrogens is 474 g/mol. The predicted octanol–water partition coefficient (Wildman–Crippen LogP) is 4.97. The maximum atomic E-state index is 12.3. The minimum absolute atomic E-state index is 0.0856. The van der Waals surface area contributed by atoms with E-state index in [2.05, 4.69) is 26.5 Å². The van der Waals surface area contributed by atoms with Gasteiger partial charge in [0.15, 0.2) is 0 Å².